The minimum absolute atomic E-state index is 0.00519. The molecule has 1 N–H and O–H groups in total. The highest BCUT2D eigenvalue weighted by Crippen LogP contribution is 2.65. The van der Waals surface area contributed by atoms with Crippen molar-refractivity contribution in [2.75, 3.05) is 6.54 Å². The Balaban J connectivity index is 1.20. The van der Waals surface area contributed by atoms with E-state index in [2.05, 4.69) is 13.8 Å². The van der Waals surface area contributed by atoms with Gasteiger partial charge in [0.2, 0.25) is 5.91 Å². The number of amides is 1. The summed E-state index contributed by atoms with van der Waals surface area (Å²) in [5.74, 6) is 0.431. The van der Waals surface area contributed by atoms with E-state index in [1.165, 1.54) is 10.5 Å². The van der Waals surface area contributed by atoms with E-state index >= 15 is 0 Å². The summed E-state index contributed by atoms with van der Waals surface area (Å²) in [7, 11) is 0. The van der Waals surface area contributed by atoms with Crippen LogP contribution in [0.25, 0.3) is 0 Å². The van der Waals surface area contributed by atoms with E-state index in [1.54, 1.807) is 0 Å². The van der Waals surface area contributed by atoms with Gasteiger partial charge in [-0.05, 0) is 87.0 Å². The third-order valence-electron chi connectivity index (χ3n) is 10.5. The number of carbonyl (C=O) groups is 4. The Kier molecular flexibility index (Phi) is 6.33. The maximum Gasteiger partial charge on any atom is 0.326 e. The maximum atomic E-state index is 12.8. The number of esters is 1. The van der Waals surface area contributed by atoms with Crippen LogP contribution >= 0.6 is 0 Å². The number of carboxylic acid groups (broad SMARTS) is 1. The van der Waals surface area contributed by atoms with E-state index in [0.717, 1.165) is 44.9 Å². The molecule has 1 amide bonds. The number of carboxylic acids is 1. The first-order valence-corrected chi connectivity index (χ1v) is 13.6. The topological polar surface area (TPSA) is 101 Å². The Hall–Kier alpha value is -2.18. The number of nitrogens with zero attached hydrogens (tertiary/aromatic N) is 1. The van der Waals surface area contributed by atoms with Crippen LogP contribution in [-0.2, 0) is 23.9 Å². The highest BCUT2D eigenvalue weighted by Gasteiger charge is 2.60. The van der Waals surface area contributed by atoms with E-state index in [9.17, 15) is 24.3 Å². The second-order valence-corrected chi connectivity index (χ2v) is 12.2. The molecule has 0 spiro atoms. The molecule has 192 valence electrons. The molecule has 35 heavy (non-hydrogen) atoms. The summed E-state index contributed by atoms with van der Waals surface area (Å²) in [5.41, 5.74) is 1.47. The number of rotatable bonds is 5. The van der Waals surface area contributed by atoms with E-state index in [-0.39, 0.29) is 47.4 Å². The zero-order valence-electron chi connectivity index (χ0n) is 21.1. The predicted molar refractivity (Wildman–Crippen MR) is 128 cm³/mol. The van der Waals surface area contributed by atoms with E-state index in [4.69, 9.17) is 4.74 Å². The lowest BCUT2D eigenvalue weighted by molar-refractivity contribution is -0.161. The summed E-state index contributed by atoms with van der Waals surface area (Å²) in [5, 5.41) is 9.31. The second kappa shape index (κ2) is 9.04. The van der Waals surface area contributed by atoms with E-state index in [0.29, 0.717) is 43.6 Å². The summed E-state index contributed by atoms with van der Waals surface area (Å²) in [6.45, 7) is 5.12. The van der Waals surface area contributed by atoms with Gasteiger partial charge in [-0.2, -0.15) is 0 Å². The molecular weight excluding hydrogens is 446 g/mol. The summed E-state index contributed by atoms with van der Waals surface area (Å²) in [4.78, 5) is 50.1. The number of aliphatic carboxylic acids is 1. The molecule has 7 atom stereocenters. The first-order chi connectivity index (χ1) is 16.6. The molecule has 4 aliphatic carbocycles. The van der Waals surface area contributed by atoms with Crippen molar-refractivity contribution in [1.82, 2.24) is 4.90 Å². The van der Waals surface area contributed by atoms with Crippen LogP contribution in [0.5, 0.6) is 0 Å². The van der Waals surface area contributed by atoms with Gasteiger partial charge in [0.15, 0.2) is 5.78 Å². The zero-order valence-corrected chi connectivity index (χ0v) is 21.1. The number of hydrogen-bond acceptors (Lipinski definition) is 5. The van der Waals surface area contributed by atoms with Gasteiger partial charge in [-0.15, -0.1) is 0 Å². The zero-order chi connectivity index (χ0) is 25.0. The molecule has 1 aliphatic heterocycles. The molecule has 4 fully saturated rings. The van der Waals surface area contributed by atoms with Crippen LogP contribution in [-0.4, -0.2) is 52.3 Å². The van der Waals surface area contributed by atoms with Gasteiger partial charge in [0, 0.05) is 24.8 Å². The van der Waals surface area contributed by atoms with Crippen LogP contribution in [0, 0.1) is 28.6 Å². The lowest BCUT2D eigenvalue weighted by Crippen LogP contribution is -2.51. The molecule has 5 aliphatic rings. The van der Waals surface area contributed by atoms with Crippen LogP contribution in [0.3, 0.4) is 0 Å². The molecule has 0 bridgehead atoms. The van der Waals surface area contributed by atoms with Crippen LogP contribution in [0.15, 0.2) is 11.6 Å². The number of fused-ring (bicyclic) bond motifs is 5. The van der Waals surface area contributed by atoms with Crippen molar-refractivity contribution in [2.45, 2.75) is 103 Å². The quantitative estimate of drug-likeness (QED) is 0.583. The largest absolute Gasteiger partial charge is 0.480 e. The Morgan fingerprint density at radius 1 is 1.03 bits per heavy atom. The van der Waals surface area contributed by atoms with Crippen LogP contribution in [0.1, 0.15) is 90.9 Å². The Bertz CT molecular complexity index is 957. The molecule has 0 aromatic carbocycles. The second-order valence-electron chi connectivity index (χ2n) is 12.2. The average Bonchev–Trinajstić information content (AvgIpc) is 3.43. The SMILES string of the molecule is C[C@]12CC[C@@H]3[C@H](CCC4=CC(=O)CC[C@@]43C)[C@@H]1CC[C@@H]2OC(=O)CCC(=O)N1CCC[C@H]1C(=O)O. The van der Waals surface area contributed by atoms with Gasteiger partial charge >= 0.3 is 11.9 Å². The Morgan fingerprint density at radius 3 is 2.60 bits per heavy atom. The number of allylic oxidation sites excluding steroid dienone is 1. The lowest BCUT2D eigenvalue weighted by atomic mass is 9.47. The smallest absolute Gasteiger partial charge is 0.326 e. The van der Waals surface area contributed by atoms with Crippen molar-refractivity contribution in [3.63, 3.8) is 0 Å². The monoisotopic (exact) mass is 485 g/mol. The Morgan fingerprint density at radius 2 is 1.83 bits per heavy atom. The molecule has 3 saturated carbocycles. The normalized spacial score (nSPS) is 40.4. The van der Waals surface area contributed by atoms with Crippen LogP contribution in [0.4, 0.5) is 0 Å². The maximum absolute atomic E-state index is 12.8. The minimum Gasteiger partial charge on any atom is -0.480 e. The fourth-order valence-corrected chi connectivity index (χ4v) is 8.60. The third-order valence-corrected chi connectivity index (χ3v) is 10.5. The van der Waals surface area contributed by atoms with Gasteiger partial charge in [0.25, 0.3) is 0 Å². The lowest BCUT2D eigenvalue weighted by Gasteiger charge is -2.57. The molecule has 0 aromatic rings. The van der Waals surface area contributed by atoms with Crippen molar-refractivity contribution < 1.29 is 29.0 Å². The first kappa shape index (κ1) is 24.5. The molecule has 0 unspecified atom stereocenters. The molecule has 0 aromatic heterocycles. The van der Waals surface area contributed by atoms with Gasteiger partial charge in [0.05, 0.1) is 6.42 Å². The summed E-state index contributed by atoms with van der Waals surface area (Å²) in [6.07, 6.45) is 10.8. The van der Waals surface area contributed by atoms with Gasteiger partial charge < -0.3 is 14.7 Å². The summed E-state index contributed by atoms with van der Waals surface area (Å²) < 4.78 is 6.01. The van der Waals surface area contributed by atoms with Crippen molar-refractivity contribution >= 4 is 23.6 Å². The fourth-order valence-electron chi connectivity index (χ4n) is 8.60. The standard InChI is InChI=1S/C28H39NO6/c1-27-13-11-18(30)16-17(27)5-6-19-20-7-8-23(28(20,2)14-12-21(19)27)35-25(32)10-9-24(31)29-15-3-4-22(29)26(33)34/h16,19-23H,3-15H2,1-2H3,(H,33,34)/t19-,20+,21-,22+,23+,27+,28+/m1/s1. The van der Waals surface area contributed by atoms with Gasteiger partial charge in [-0.3, -0.25) is 14.4 Å². The number of carbonyl (C=O) groups excluding carboxylic acids is 3. The molecule has 7 nitrogen and oxygen atoms in total. The Labute approximate surface area is 207 Å². The molecule has 1 saturated heterocycles. The summed E-state index contributed by atoms with van der Waals surface area (Å²) in [6, 6.07) is -0.766. The number of hydrogen-bond donors (Lipinski definition) is 1. The van der Waals surface area contributed by atoms with E-state index in [1.807, 2.05) is 6.08 Å². The first-order valence-electron chi connectivity index (χ1n) is 13.6. The fraction of sp³-hybridized carbons (Fsp3) is 0.786. The number of likely N-dealkylation sites (tertiary alicyclic amines) is 1. The van der Waals surface area contributed by atoms with Crippen molar-refractivity contribution in [3.05, 3.63) is 11.6 Å². The van der Waals surface area contributed by atoms with Crippen molar-refractivity contribution in [1.29, 1.82) is 0 Å². The van der Waals surface area contributed by atoms with Crippen molar-refractivity contribution in [2.24, 2.45) is 28.6 Å². The molecule has 5 rings (SSSR count). The highest BCUT2D eigenvalue weighted by atomic mass is 16.5. The highest BCUT2D eigenvalue weighted by molar-refractivity contribution is 5.91. The molecule has 1 heterocycles. The molecule has 7 heteroatoms. The van der Waals surface area contributed by atoms with Gasteiger partial charge in [-0.25, -0.2) is 4.79 Å². The average molecular weight is 486 g/mol. The van der Waals surface area contributed by atoms with Crippen LogP contribution < -0.4 is 0 Å². The number of ether oxygens (including phenoxy) is 1. The molecular formula is C28H39NO6. The van der Waals surface area contributed by atoms with Gasteiger partial charge in [0.1, 0.15) is 12.1 Å². The molecule has 0 radical (unpaired) electrons. The van der Waals surface area contributed by atoms with Crippen LogP contribution in [0.2, 0.25) is 0 Å². The summed E-state index contributed by atoms with van der Waals surface area (Å²) >= 11 is 0. The minimum atomic E-state index is -0.974. The number of ketones is 1. The van der Waals surface area contributed by atoms with E-state index < -0.39 is 12.0 Å². The predicted octanol–water partition coefficient (Wildman–Crippen LogP) is 4.29. The van der Waals surface area contributed by atoms with Crippen molar-refractivity contribution in [3.8, 4) is 0 Å². The third kappa shape index (κ3) is 4.13. The van der Waals surface area contributed by atoms with Gasteiger partial charge in [-0.1, -0.05) is 19.4 Å².